The molecule has 0 fully saturated rings. The highest BCUT2D eigenvalue weighted by molar-refractivity contribution is 5.96. The first-order valence-corrected chi connectivity index (χ1v) is 8.70. The van der Waals surface area contributed by atoms with Crippen LogP contribution in [-0.2, 0) is 4.79 Å². The number of benzene rings is 2. The molecule has 1 amide bonds. The summed E-state index contributed by atoms with van der Waals surface area (Å²) in [6, 6.07) is 11.9. The van der Waals surface area contributed by atoms with E-state index in [0.717, 1.165) is 34.7 Å². The molecule has 130 valence electrons. The Morgan fingerprint density at radius 2 is 1.84 bits per heavy atom. The molecule has 5 heteroatoms. The maximum Gasteiger partial charge on any atom is 0.225 e. The molecule has 0 saturated heterocycles. The molecule has 2 heterocycles. The lowest BCUT2D eigenvalue weighted by Crippen LogP contribution is -2.24. The van der Waals surface area contributed by atoms with Gasteiger partial charge in [-0.05, 0) is 35.7 Å². The van der Waals surface area contributed by atoms with Gasteiger partial charge < -0.3 is 19.5 Å². The number of carbonyl (C=O) groups is 1. The highest BCUT2D eigenvalue weighted by atomic mass is 16.6. The van der Waals surface area contributed by atoms with Crippen LogP contribution < -0.4 is 19.5 Å². The van der Waals surface area contributed by atoms with Crippen molar-refractivity contribution in [3.8, 4) is 17.2 Å². The Hall–Kier alpha value is -2.69. The number of hydrogen-bond acceptors (Lipinski definition) is 4. The topological polar surface area (TPSA) is 56.8 Å². The minimum atomic E-state index is -0.000184. The average molecular weight is 339 g/mol. The molecule has 0 bridgehead atoms. The standard InChI is InChI=1S/C20H21NO4/c1-2-7-23-14-5-3-13(4-6-14)15-11-20(22)21-17-12-19-18(10-16(15)17)24-8-9-25-19/h3-6,10,12,15H,2,7-9,11H2,1H3,(H,21,22). The third-order valence-corrected chi connectivity index (χ3v) is 4.51. The van der Waals surface area contributed by atoms with E-state index in [0.29, 0.717) is 32.0 Å². The van der Waals surface area contributed by atoms with Crippen molar-refractivity contribution in [2.24, 2.45) is 0 Å². The van der Waals surface area contributed by atoms with Crippen LogP contribution in [0.4, 0.5) is 5.69 Å². The Morgan fingerprint density at radius 3 is 2.56 bits per heavy atom. The average Bonchev–Trinajstić information content (AvgIpc) is 2.64. The Bertz CT molecular complexity index is 785. The van der Waals surface area contributed by atoms with Crippen LogP contribution in [0.1, 0.15) is 36.8 Å². The monoisotopic (exact) mass is 339 g/mol. The third kappa shape index (κ3) is 3.14. The molecule has 0 spiro atoms. The molecule has 0 saturated carbocycles. The number of rotatable bonds is 4. The van der Waals surface area contributed by atoms with E-state index in [1.54, 1.807) is 0 Å². The quantitative estimate of drug-likeness (QED) is 0.922. The van der Waals surface area contributed by atoms with E-state index in [-0.39, 0.29) is 11.8 Å². The highest BCUT2D eigenvalue weighted by Gasteiger charge is 2.29. The largest absolute Gasteiger partial charge is 0.494 e. The van der Waals surface area contributed by atoms with Gasteiger partial charge in [0.15, 0.2) is 11.5 Å². The van der Waals surface area contributed by atoms with E-state index < -0.39 is 0 Å². The van der Waals surface area contributed by atoms with E-state index in [1.807, 2.05) is 36.4 Å². The van der Waals surface area contributed by atoms with Gasteiger partial charge in [0.1, 0.15) is 19.0 Å². The molecule has 0 aliphatic carbocycles. The van der Waals surface area contributed by atoms with Gasteiger partial charge in [-0.15, -0.1) is 0 Å². The van der Waals surface area contributed by atoms with E-state index >= 15 is 0 Å². The van der Waals surface area contributed by atoms with Crippen molar-refractivity contribution in [2.75, 3.05) is 25.1 Å². The number of nitrogens with one attached hydrogen (secondary N) is 1. The molecule has 0 aromatic heterocycles. The summed E-state index contributed by atoms with van der Waals surface area (Å²) in [6.07, 6.45) is 1.40. The maximum atomic E-state index is 12.2. The zero-order chi connectivity index (χ0) is 17.2. The predicted molar refractivity (Wildman–Crippen MR) is 94.7 cm³/mol. The van der Waals surface area contributed by atoms with Gasteiger partial charge in [-0.2, -0.15) is 0 Å². The normalized spacial score (nSPS) is 18.3. The van der Waals surface area contributed by atoms with Gasteiger partial charge in [0.05, 0.1) is 6.61 Å². The first kappa shape index (κ1) is 15.8. The third-order valence-electron chi connectivity index (χ3n) is 4.51. The second kappa shape index (κ2) is 6.67. The van der Waals surface area contributed by atoms with E-state index in [9.17, 15) is 4.79 Å². The summed E-state index contributed by atoms with van der Waals surface area (Å²) in [5.41, 5.74) is 2.96. The van der Waals surface area contributed by atoms with Crippen molar-refractivity contribution in [2.45, 2.75) is 25.7 Å². The minimum absolute atomic E-state index is 0.000184. The van der Waals surface area contributed by atoms with Crippen molar-refractivity contribution in [3.05, 3.63) is 47.5 Å². The molecule has 4 rings (SSSR count). The lowest BCUT2D eigenvalue weighted by atomic mass is 9.84. The van der Waals surface area contributed by atoms with Crippen molar-refractivity contribution < 1.29 is 19.0 Å². The first-order valence-electron chi connectivity index (χ1n) is 8.70. The molecular formula is C20H21NO4. The lowest BCUT2D eigenvalue weighted by Gasteiger charge is -2.29. The van der Waals surface area contributed by atoms with Crippen LogP contribution in [0.25, 0.3) is 0 Å². The summed E-state index contributed by atoms with van der Waals surface area (Å²) < 4.78 is 17.0. The number of carbonyl (C=O) groups excluding carboxylic acids is 1. The first-order chi connectivity index (χ1) is 12.2. The summed E-state index contributed by atoms with van der Waals surface area (Å²) in [7, 11) is 0. The van der Waals surface area contributed by atoms with Gasteiger partial charge in [0.2, 0.25) is 5.91 Å². The fourth-order valence-electron chi connectivity index (χ4n) is 3.31. The number of anilines is 1. The second-order valence-electron chi connectivity index (χ2n) is 6.31. The predicted octanol–water partition coefficient (Wildman–Crippen LogP) is 3.72. The maximum absolute atomic E-state index is 12.2. The molecule has 5 nitrogen and oxygen atoms in total. The van der Waals surface area contributed by atoms with Gasteiger partial charge in [0.25, 0.3) is 0 Å². The second-order valence-corrected chi connectivity index (χ2v) is 6.31. The van der Waals surface area contributed by atoms with Crippen LogP contribution in [0.3, 0.4) is 0 Å². The van der Waals surface area contributed by atoms with Gasteiger partial charge in [-0.3, -0.25) is 4.79 Å². The number of amides is 1. The Kier molecular flexibility index (Phi) is 4.22. The molecule has 1 atom stereocenters. The van der Waals surface area contributed by atoms with Crippen LogP contribution in [0.15, 0.2) is 36.4 Å². The molecule has 1 unspecified atom stereocenters. The summed E-state index contributed by atoms with van der Waals surface area (Å²) in [5.74, 6) is 2.30. The van der Waals surface area contributed by atoms with Crippen LogP contribution in [-0.4, -0.2) is 25.7 Å². The number of ether oxygens (including phenoxy) is 3. The van der Waals surface area contributed by atoms with Crippen molar-refractivity contribution in [3.63, 3.8) is 0 Å². The Balaban J connectivity index is 1.68. The van der Waals surface area contributed by atoms with Crippen LogP contribution in [0, 0.1) is 0 Å². The number of fused-ring (bicyclic) bond motifs is 2. The van der Waals surface area contributed by atoms with Crippen molar-refractivity contribution >= 4 is 11.6 Å². The molecule has 0 radical (unpaired) electrons. The van der Waals surface area contributed by atoms with Gasteiger partial charge >= 0.3 is 0 Å². The van der Waals surface area contributed by atoms with Crippen LogP contribution >= 0.6 is 0 Å². The molecule has 2 aliphatic heterocycles. The number of hydrogen-bond donors (Lipinski definition) is 1. The SMILES string of the molecule is CCCOc1ccc(C2CC(=O)Nc3cc4c(cc32)OCCO4)cc1. The minimum Gasteiger partial charge on any atom is -0.494 e. The highest BCUT2D eigenvalue weighted by Crippen LogP contribution is 2.44. The van der Waals surface area contributed by atoms with Gasteiger partial charge in [-0.25, -0.2) is 0 Å². The molecule has 2 aromatic rings. The van der Waals surface area contributed by atoms with E-state index in [1.165, 1.54) is 0 Å². The zero-order valence-corrected chi connectivity index (χ0v) is 14.2. The smallest absolute Gasteiger partial charge is 0.225 e. The van der Waals surface area contributed by atoms with Crippen molar-refractivity contribution in [1.29, 1.82) is 0 Å². The summed E-state index contributed by atoms with van der Waals surface area (Å²) in [6.45, 7) is 3.87. The fraction of sp³-hybridized carbons (Fsp3) is 0.350. The summed E-state index contributed by atoms with van der Waals surface area (Å²) in [5, 5.41) is 2.95. The Labute approximate surface area is 146 Å². The summed E-state index contributed by atoms with van der Waals surface area (Å²) in [4.78, 5) is 12.2. The van der Waals surface area contributed by atoms with E-state index in [4.69, 9.17) is 14.2 Å². The van der Waals surface area contributed by atoms with Crippen LogP contribution in [0.5, 0.6) is 17.2 Å². The molecule has 2 aromatic carbocycles. The van der Waals surface area contributed by atoms with E-state index in [2.05, 4.69) is 12.2 Å². The summed E-state index contributed by atoms with van der Waals surface area (Å²) >= 11 is 0. The lowest BCUT2D eigenvalue weighted by molar-refractivity contribution is -0.116. The molecular weight excluding hydrogens is 318 g/mol. The molecule has 25 heavy (non-hydrogen) atoms. The Morgan fingerprint density at radius 1 is 1.12 bits per heavy atom. The van der Waals surface area contributed by atoms with Gasteiger partial charge in [-0.1, -0.05) is 19.1 Å². The van der Waals surface area contributed by atoms with Crippen molar-refractivity contribution in [1.82, 2.24) is 0 Å². The zero-order valence-electron chi connectivity index (χ0n) is 14.2. The van der Waals surface area contributed by atoms with Gasteiger partial charge in [0, 0.05) is 24.1 Å². The molecule has 2 aliphatic rings. The van der Waals surface area contributed by atoms with Crippen LogP contribution in [0.2, 0.25) is 0 Å². The fourth-order valence-corrected chi connectivity index (χ4v) is 3.31. The molecule has 1 N–H and O–H groups in total.